The van der Waals surface area contributed by atoms with E-state index in [0.29, 0.717) is 24.2 Å². The number of carbonyl (C=O) groups is 2. The molecule has 6 heteroatoms. The highest BCUT2D eigenvalue weighted by Crippen LogP contribution is 2.44. The van der Waals surface area contributed by atoms with Gasteiger partial charge in [-0.15, -0.1) is 0 Å². The third-order valence-corrected chi connectivity index (χ3v) is 8.71. The summed E-state index contributed by atoms with van der Waals surface area (Å²) in [5, 5.41) is 0. The predicted molar refractivity (Wildman–Crippen MR) is 151 cm³/mol. The van der Waals surface area contributed by atoms with Crippen molar-refractivity contribution in [2.24, 2.45) is 0 Å². The third kappa shape index (κ3) is 4.17. The average Bonchev–Trinajstić information content (AvgIpc) is 3.18. The first-order valence-corrected chi connectivity index (χ1v) is 13.7. The molecule has 2 saturated heterocycles. The fourth-order valence-corrected chi connectivity index (χ4v) is 6.37. The molecule has 0 unspecified atom stereocenters. The van der Waals surface area contributed by atoms with Crippen molar-refractivity contribution in [3.8, 4) is 0 Å². The average molecular weight is 509 g/mol. The molecule has 3 aromatic rings. The lowest BCUT2D eigenvalue weighted by molar-refractivity contribution is 0.0279. The number of hydrogen-bond acceptors (Lipinski definition) is 6. The zero-order chi connectivity index (χ0) is 26.3. The van der Waals surface area contributed by atoms with Gasteiger partial charge in [0.15, 0.2) is 17.1 Å². The van der Waals surface area contributed by atoms with Crippen LogP contribution in [-0.2, 0) is 12.1 Å². The van der Waals surface area contributed by atoms with Crippen LogP contribution in [0.4, 0.5) is 5.69 Å². The van der Waals surface area contributed by atoms with E-state index < -0.39 is 5.54 Å². The van der Waals surface area contributed by atoms with Crippen LogP contribution in [0.5, 0.6) is 0 Å². The maximum Gasteiger partial charge on any atom is 0.196 e. The number of anilines is 1. The van der Waals surface area contributed by atoms with E-state index in [1.165, 1.54) is 11.1 Å². The third-order valence-electron chi connectivity index (χ3n) is 8.71. The van der Waals surface area contributed by atoms with Crippen LogP contribution >= 0.6 is 0 Å². The molecule has 0 aromatic heterocycles. The maximum absolute atomic E-state index is 14.3. The first-order valence-electron chi connectivity index (χ1n) is 13.7. The minimum absolute atomic E-state index is 0.0824. The molecule has 2 fully saturated rings. The molecule has 0 spiro atoms. The van der Waals surface area contributed by atoms with Gasteiger partial charge in [0.05, 0.1) is 0 Å². The molecular formula is C32H36N4O2. The SMILES string of the molecule is Cc1ccccc1CN1CCN(C2(c3cccc(N4CCN(C)CC4)c3)C(=O)c3ccccc3C2=O)CC1. The highest BCUT2D eigenvalue weighted by atomic mass is 16.2. The van der Waals surface area contributed by atoms with E-state index in [4.69, 9.17) is 0 Å². The fraction of sp³-hybridized carbons (Fsp3) is 0.375. The molecule has 0 bridgehead atoms. The minimum Gasteiger partial charge on any atom is -0.369 e. The van der Waals surface area contributed by atoms with Gasteiger partial charge >= 0.3 is 0 Å². The Labute approximate surface area is 225 Å². The van der Waals surface area contributed by atoms with Gasteiger partial charge in [-0.2, -0.15) is 0 Å². The van der Waals surface area contributed by atoms with E-state index >= 15 is 0 Å². The van der Waals surface area contributed by atoms with Gasteiger partial charge in [0.1, 0.15) is 0 Å². The standard InChI is InChI=1S/C32H36N4O2/c1-24-8-3-4-9-25(24)23-34-16-20-36(21-17-34)32(30(37)28-12-5-6-13-29(28)31(32)38)26-10-7-11-27(22-26)35-18-14-33(2)15-19-35/h3-13,22H,14-21,23H2,1-2H3. The van der Waals surface area contributed by atoms with Crippen molar-refractivity contribution in [1.82, 2.24) is 14.7 Å². The van der Waals surface area contributed by atoms with Crippen molar-refractivity contribution < 1.29 is 9.59 Å². The van der Waals surface area contributed by atoms with Crippen LogP contribution in [0.2, 0.25) is 0 Å². The van der Waals surface area contributed by atoms with E-state index in [0.717, 1.165) is 57.1 Å². The summed E-state index contributed by atoms with van der Waals surface area (Å²) in [5.41, 5.74) is 4.30. The summed E-state index contributed by atoms with van der Waals surface area (Å²) in [6.07, 6.45) is 0. The Bertz CT molecular complexity index is 1320. The Hall–Kier alpha value is -3.32. The summed E-state index contributed by atoms with van der Waals surface area (Å²) in [6, 6.07) is 24.1. The highest BCUT2D eigenvalue weighted by Gasteiger charge is 2.58. The molecule has 196 valence electrons. The lowest BCUT2D eigenvalue weighted by Crippen LogP contribution is -2.60. The van der Waals surface area contributed by atoms with Crippen molar-refractivity contribution in [2.75, 3.05) is 64.3 Å². The molecule has 3 aromatic carbocycles. The van der Waals surface area contributed by atoms with Crippen molar-refractivity contribution >= 4 is 17.3 Å². The zero-order valence-corrected chi connectivity index (χ0v) is 22.4. The Morgan fingerprint density at radius 3 is 2.00 bits per heavy atom. The number of aryl methyl sites for hydroxylation is 1. The number of Topliss-reactive ketones (excluding diaryl/α,β-unsaturated/α-hetero) is 2. The molecule has 6 rings (SSSR count). The minimum atomic E-state index is -1.30. The van der Waals surface area contributed by atoms with Crippen LogP contribution in [0.15, 0.2) is 72.8 Å². The van der Waals surface area contributed by atoms with Crippen molar-refractivity contribution in [3.05, 3.63) is 101 Å². The van der Waals surface area contributed by atoms with E-state index in [-0.39, 0.29) is 11.6 Å². The Balaban J connectivity index is 1.33. The van der Waals surface area contributed by atoms with Gasteiger partial charge in [0, 0.05) is 75.7 Å². The summed E-state index contributed by atoms with van der Waals surface area (Å²) in [5.74, 6) is -0.165. The molecule has 0 N–H and O–H groups in total. The van der Waals surface area contributed by atoms with E-state index in [1.807, 2.05) is 36.4 Å². The number of nitrogens with zero attached hydrogens (tertiary/aromatic N) is 4. The summed E-state index contributed by atoms with van der Waals surface area (Å²) in [7, 11) is 2.15. The number of rotatable bonds is 5. The lowest BCUT2D eigenvalue weighted by Gasteiger charge is -2.44. The summed E-state index contributed by atoms with van der Waals surface area (Å²) in [6.45, 7) is 9.86. The van der Waals surface area contributed by atoms with Gasteiger partial charge in [0.25, 0.3) is 0 Å². The second-order valence-electron chi connectivity index (χ2n) is 10.9. The van der Waals surface area contributed by atoms with Gasteiger partial charge in [-0.05, 0) is 42.8 Å². The second-order valence-corrected chi connectivity index (χ2v) is 10.9. The van der Waals surface area contributed by atoms with Gasteiger partial charge in [-0.3, -0.25) is 19.4 Å². The molecular weight excluding hydrogens is 472 g/mol. The summed E-state index contributed by atoms with van der Waals surface area (Å²) < 4.78 is 0. The molecule has 2 aliphatic heterocycles. The van der Waals surface area contributed by atoms with Crippen LogP contribution in [0.25, 0.3) is 0 Å². The number of carbonyl (C=O) groups excluding carboxylic acids is 2. The first-order chi connectivity index (χ1) is 18.5. The number of fused-ring (bicyclic) bond motifs is 1. The zero-order valence-electron chi connectivity index (χ0n) is 22.4. The highest BCUT2D eigenvalue weighted by molar-refractivity contribution is 6.32. The van der Waals surface area contributed by atoms with Gasteiger partial charge in [-0.1, -0.05) is 60.7 Å². The van der Waals surface area contributed by atoms with E-state index in [1.54, 1.807) is 0 Å². The Morgan fingerprint density at radius 2 is 1.34 bits per heavy atom. The molecule has 0 radical (unpaired) electrons. The second kappa shape index (κ2) is 10.1. The normalized spacial score (nSPS) is 20.6. The van der Waals surface area contributed by atoms with Crippen molar-refractivity contribution in [2.45, 2.75) is 19.0 Å². The van der Waals surface area contributed by atoms with Gasteiger partial charge in [0.2, 0.25) is 0 Å². The topological polar surface area (TPSA) is 47.1 Å². The molecule has 2 heterocycles. The number of piperazine rings is 2. The van der Waals surface area contributed by atoms with Gasteiger partial charge in [-0.25, -0.2) is 0 Å². The molecule has 3 aliphatic rings. The summed E-state index contributed by atoms with van der Waals surface area (Å²) >= 11 is 0. The maximum atomic E-state index is 14.3. The van der Waals surface area contributed by atoms with E-state index in [2.05, 4.69) is 70.0 Å². The number of likely N-dealkylation sites (N-methyl/N-ethyl adjacent to an activating group) is 1. The molecule has 1 aliphatic carbocycles. The fourth-order valence-electron chi connectivity index (χ4n) is 6.37. The molecule has 38 heavy (non-hydrogen) atoms. The van der Waals surface area contributed by atoms with Crippen molar-refractivity contribution in [3.63, 3.8) is 0 Å². The largest absolute Gasteiger partial charge is 0.369 e. The van der Waals surface area contributed by atoms with Crippen molar-refractivity contribution in [1.29, 1.82) is 0 Å². The summed E-state index contributed by atoms with van der Waals surface area (Å²) in [4.78, 5) is 37.9. The van der Waals surface area contributed by atoms with Crippen LogP contribution in [-0.4, -0.2) is 85.7 Å². The van der Waals surface area contributed by atoms with Crippen LogP contribution < -0.4 is 4.90 Å². The number of ketones is 2. The monoisotopic (exact) mass is 508 g/mol. The Kier molecular flexibility index (Phi) is 6.64. The van der Waals surface area contributed by atoms with Gasteiger partial charge < -0.3 is 9.80 Å². The van der Waals surface area contributed by atoms with E-state index in [9.17, 15) is 9.59 Å². The van der Waals surface area contributed by atoms with Crippen LogP contribution in [0.3, 0.4) is 0 Å². The van der Waals surface area contributed by atoms with Crippen LogP contribution in [0.1, 0.15) is 37.4 Å². The van der Waals surface area contributed by atoms with Crippen LogP contribution in [0, 0.1) is 6.92 Å². The molecule has 0 saturated carbocycles. The molecule has 0 amide bonds. The quantitative estimate of drug-likeness (QED) is 0.488. The Morgan fingerprint density at radius 1 is 0.711 bits per heavy atom. The predicted octanol–water partition coefficient (Wildman–Crippen LogP) is 3.84. The lowest BCUT2D eigenvalue weighted by atomic mass is 9.82. The first kappa shape index (κ1) is 25.0. The number of hydrogen-bond donors (Lipinski definition) is 0. The number of benzene rings is 3. The molecule has 6 nitrogen and oxygen atoms in total. The smallest absolute Gasteiger partial charge is 0.196 e. The molecule has 0 atom stereocenters.